The number of ether oxygens (including phenoxy) is 1. The van der Waals surface area contributed by atoms with Crippen molar-refractivity contribution in [1.82, 2.24) is 0 Å². The van der Waals surface area contributed by atoms with E-state index in [4.69, 9.17) is 4.74 Å². The lowest BCUT2D eigenvalue weighted by Gasteiger charge is -2.58. The van der Waals surface area contributed by atoms with Gasteiger partial charge in [-0.05, 0) is 81.0 Å². The van der Waals surface area contributed by atoms with Gasteiger partial charge in [-0.25, -0.2) is 0 Å². The maximum Gasteiger partial charge on any atom is 0.311 e. The Balaban J connectivity index is 1.64. The van der Waals surface area contributed by atoms with Crippen LogP contribution in [-0.4, -0.2) is 30.1 Å². The van der Waals surface area contributed by atoms with E-state index in [0.29, 0.717) is 35.9 Å². The minimum atomic E-state index is -0.412. The molecule has 0 heterocycles. The van der Waals surface area contributed by atoms with Gasteiger partial charge in [0.25, 0.3) is 0 Å². The van der Waals surface area contributed by atoms with E-state index in [-0.39, 0.29) is 23.4 Å². The van der Waals surface area contributed by atoms with Crippen LogP contribution >= 0.6 is 0 Å². The van der Waals surface area contributed by atoms with Gasteiger partial charge in [-0.3, -0.25) is 9.59 Å². The molecule has 4 rings (SSSR count). The summed E-state index contributed by atoms with van der Waals surface area (Å²) in [5, 5.41) is 10.1. The van der Waals surface area contributed by atoms with Gasteiger partial charge in [-0.15, -0.1) is 0 Å². The van der Waals surface area contributed by atoms with Crippen LogP contribution < -0.4 is 0 Å². The number of carbonyl (C=O) groups excluding carboxylic acids is 2. The summed E-state index contributed by atoms with van der Waals surface area (Å²) < 4.78 is 5.11. The van der Waals surface area contributed by atoms with Crippen molar-refractivity contribution < 1.29 is 19.4 Å². The molecular formula is C21H32O4. The zero-order valence-electron chi connectivity index (χ0n) is 15.8. The lowest BCUT2D eigenvalue weighted by molar-refractivity contribution is -0.164. The smallest absolute Gasteiger partial charge is 0.311 e. The highest BCUT2D eigenvalue weighted by molar-refractivity contribution is 5.84. The number of rotatable bonds is 1. The first-order valence-electron chi connectivity index (χ1n) is 10.1. The normalized spacial score (nSPS) is 52.1. The molecule has 0 aromatic rings. The Kier molecular flexibility index (Phi) is 4.06. The predicted octanol–water partition coefficient (Wildman–Crippen LogP) is 3.36. The van der Waals surface area contributed by atoms with Gasteiger partial charge in [0.05, 0.1) is 18.6 Å². The molecule has 0 radical (unpaired) electrons. The van der Waals surface area contributed by atoms with Gasteiger partial charge in [0.2, 0.25) is 0 Å². The predicted molar refractivity (Wildman–Crippen MR) is 93.6 cm³/mol. The summed E-state index contributed by atoms with van der Waals surface area (Å²) in [7, 11) is 1.48. The second-order valence-corrected chi connectivity index (χ2v) is 9.73. The molecule has 25 heavy (non-hydrogen) atoms. The lowest BCUT2D eigenvalue weighted by atomic mass is 9.46. The summed E-state index contributed by atoms with van der Waals surface area (Å²) in [6.45, 7) is 4.43. The Morgan fingerprint density at radius 3 is 2.56 bits per heavy atom. The number of hydrogen-bond donors (Lipinski definition) is 1. The van der Waals surface area contributed by atoms with Gasteiger partial charge in [0, 0.05) is 12.3 Å². The fraction of sp³-hybridized carbons (Fsp3) is 0.905. The van der Waals surface area contributed by atoms with Crippen LogP contribution in [0.2, 0.25) is 0 Å². The zero-order chi connectivity index (χ0) is 18.0. The standard InChI is InChI=1S/C21H32O4/c1-20-8-6-13(22)10-12(20)11-17(23)18-14-7-9-21(2,19(24)25-3)15(14)4-5-16(18)20/h12-16,18,22H,4-11H2,1-3H3/t12?,13-,14?,15+,16?,18?,20+,21?/m1/s1. The average molecular weight is 348 g/mol. The van der Waals surface area contributed by atoms with Gasteiger partial charge >= 0.3 is 5.97 Å². The fourth-order valence-corrected chi connectivity index (χ4v) is 7.40. The molecule has 4 aliphatic rings. The van der Waals surface area contributed by atoms with E-state index in [1.807, 2.05) is 0 Å². The summed E-state index contributed by atoms with van der Waals surface area (Å²) >= 11 is 0. The van der Waals surface area contributed by atoms with Crippen molar-refractivity contribution in [3.05, 3.63) is 0 Å². The molecule has 4 fully saturated rings. The molecule has 4 saturated carbocycles. The topological polar surface area (TPSA) is 63.6 Å². The molecular weight excluding hydrogens is 316 g/mol. The third kappa shape index (κ3) is 2.35. The van der Waals surface area contributed by atoms with E-state index in [1.54, 1.807) is 0 Å². The maximum atomic E-state index is 13.1. The summed E-state index contributed by atoms with van der Waals surface area (Å²) in [6, 6.07) is 0. The zero-order valence-corrected chi connectivity index (χ0v) is 15.8. The number of carbonyl (C=O) groups is 2. The Hall–Kier alpha value is -0.900. The highest BCUT2D eigenvalue weighted by Crippen LogP contribution is 2.65. The van der Waals surface area contributed by atoms with E-state index < -0.39 is 5.41 Å². The van der Waals surface area contributed by atoms with Crippen LogP contribution in [0.5, 0.6) is 0 Å². The molecule has 8 atom stereocenters. The van der Waals surface area contributed by atoms with Gasteiger partial charge < -0.3 is 9.84 Å². The molecule has 0 bridgehead atoms. The molecule has 4 aliphatic carbocycles. The highest BCUT2D eigenvalue weighted by atomic mass is 16.5. The molecule has 1 N–H and O–H groups in total. The van der Waals surface area contributed by atoms with Crippen molar-refractivity contribution in [2.75, 3.05) is 7.11 Å². The molecule has 5 unspecified atom stereocenters. The summed E-state index contributed by atoms with van der Waals surface area (Å²) in [5.41, 5.74) is -0.224. The monoisotopic (exact) mass is 348 g/mol. The number of aliphatic hydroxyl groups excluding tert-OH is 1. The number of ketones is 1. The van der Waals surface area contributed by atoms with Crippen LogP contribution in [0.1, 0.15) is 65.2 Å². The molecule has 4 heteroatoms. The number of fused-ring (bicyclic) bond motifs is 5. The summed E-state index contributed by atoms with van der Waals surface area (Å²) in [6.07, 6.45) is 7.02. The first-order valence-corrected chi connectivity index (χ1v) is 10.1. The number of esters is 1. The van der Waals surface area contributed by atoms with E-state index in [9.17, 15) is 14.7 Å². The van der Waals surface area contributed by atoms with Crippen molar-refractivity contribution in [2.24, 2.45) is 40.4 Å². The van der Waals surface area contributed by atoms with E-state index >= 15 is 0 Å². The quantitative estimate of drug-likeness (QED) is 0.738. The van der Waals surface area contributed by atoms with Gasteiger partial charge in [-0.2, -0.15) is 0 Å². The van der Waals surface area contributed by atoms with E-state index in [2.05, 4.69) is 13.8 Å². The van der Waals surface area contributed by atoms with Crippen molar-refractivity contribution >= 4 is 11.8 Å². The number of methoxy groups -OCH3 is 1. The second kappa shape index (κ2) is 5.80. The number of aliphatic hydroxyl groups is 1. The van der Waals surface area contributed by atoms with Crippen LogP contribution in [0.25, 0.3) is 0 Å². The Morgan fingerprint density at radius 2 is 1.84 bits per heavy atom. The van der Waals surface area contributed by atoms with E-state index in [0.717, 1.165) is 44.9 Å². The van der Waals surface area contributed by atoms with Gasteiger partial charge in [0.1, 0.15) is 5.78 Å². The van der Waals surface area contributed by atoms with Crippen molar-refractivity contribution in [3.63, 3.8) is 0 Å². The minimum Gasteiger partial charge on any atom is -0.469 e. The molecule has 0 spiro atoms. The minimum absolute atomic E-state index is 0.0911. The lowest BCUT2D eigenvalue weighted by Crippen LogP contribution is -2.56. The molecule has 0 aliphatic heterocycles. The summed E-state index contributed by atoms with van der Waals surface area (Å²) in [5.74, 6) is 1.86. The van der Waals surface area contributed by atoms with Crippen LogP contribution in [0, 0.1) is 40.4 Å². The van der Waals surface area contributed by atoms with Gasteiger partial charge in [-0.1, -0.05) is 6.92 Å². The Morgan fingerprint density at radius 1 is 1.12 bits per heavy atom. The second-order valence-electron chi connectivity index (χ2n) is 9.73. The van der Waals surface area contributed by atoms with Crippen LogP contribution in [-0.2, 0) is 14.3 Å². The van der Waals surface area contributed by atoms with Crippen LogP contribution in [0.15, 0.2) is 0 Å². The number of Topliss-reactive ketones (excluding diaryl/α,β-unsaturated/α-hetero) is 1. The third-order valence-corrected chi connectivity index (χ3v) is 8.84. The molecule has 140 valence electrons. The van der Waals surface area contributed by atoms with Crippen molar-refractivity contribution in [2.45, 2.75) is 71.3 Å². The van der Waals surface area contributed by atoms with E-state index in [1.165, 1.54) is 7.11 Å². The summed E-state index contributed by atoms with van der Waals surface area (Å²) in [4.78, 5) is 25.6. The maximum absolute atomic E-state index is 13.1. The molecule has 0 saturated heterocycles. The van der Waals surface area contributed by atoms with Crippen molar-refractivity contribution in [3.8, 4) is 0 Å². The first kappa shape index (κ1) is 17.5. The van der Waals surface area contributed by atoms with Gasteiger partial charge in [0.15, 0.2) is 0 Å². The average Bonchev–Trinajstić information content (AvgIpc) is 2.94. The first-order chi connectivity index (χ1) is 11.8. The molecule has 4 nitrogen and oxygen atoms in total. The molecule has 0 aromatic carbocycles. The largest absolute Gasteiger partial charge is 0.469 e. The fourth-order valence-electron chi connectivity index (χ4n) is 7.40. The Labute approximate surface area is 150 Å². The number of hydrogen-bond acceptors (Lipinski definition) is 4. The van der Waals surface area contributed by atoms with Crippen LogP contribution in [0.4, 0.5) is 0 Å². The van der Waals surface area contributed by atoms with Crippen LogP contribution in [0.3, 0.4) is 0 Å². The molecule has 0 aromatic heterocycles. The van der Waals surface area contributed by atoms with Crippen molar-refractivity contribution in [1.29, 1.82) is 0 Å². The highest BCUT2D eigenvalue weighted by Gasteiger charge is 2.62. The Bertz CT molecular complexity index is 586. The molecule has 0 amide bonds. The third-order valence-electron chi connectivity index (χ3n) is 8.84. The SMILES string of the molecule is COC(=O)C1(C)CCC2C3C(=O)CC4C[C@H](O)CC[C@]4(C)C3CC[C@@H]21.